The van der Waals surface area contributed by atoms with Gasteiger partial charge in [-0.15, -0.1) is 0 Å². The fourth-order valence-electron chi connectivity index (χ4n) is 2.63. The average molecular weight is 366 g/mol. The molecule has 1 saturated heterocycles. The first kappa shape index (κ1) is 16.7. The van der Waals surface area contributed by atoms with Crippen LogP contribution in [0, 0.1) is 0 Å². The van der Waals surface area contributed by atoms with Gasteiger partial charge >= 0.3 is 6.03 Å². The van der Waals surface area contributed by atoms with Crippen molar-refractivity contribution in [3.8, 4) is 5.75 Å². The summed E-state index contributed by atoms with van der Waals surface area (Å²) in [5, 5.41) is 13.3. The molecule has 1 aliphatic rings. The largest absolute Gasteiger partial charge is 0.508 e. The van der Waals surface area contributed by atoms with Crippen LogP contribution in [0.2, 0.25) is 10.0 Å². The summed E-state index contributed by atoms with van der Waals surface area (Å²) < 4.78 is 0. The van der Waals surface area contributed by atoms with Crippen LogP contribution in [0.3, 0.4) is 0 Å². The number of nitrogens with one attached hydrogen (secondary N) is 1. The smallest absolute Gasteiger partial charge is 0.321 e. The number of benzene rings is 2. The number of halogens is 2. The Hall–Kier alpha value is -2.11. The number of aromatic hydroxyl groups is 1. The number of carbonyl (C=O) groups is 1. The van der Waals surface area contributed by atoms with E-state index >= 15 is 0 Å². The minimum atomic E-state index is -0.163. The van der Waals surface area contributed by atoms with E-state index in [0.29, 0.717) is 41.9 Å². The van der Waals surface area contributed by atoms with E-state index < -0.39 is 0 Å². The molecule has 2 N–H and O–H groups in total. The van der Waals surface area contributed by atoms with Crippen molar-refractivity contribution < 1.29 is 9.90 Å². The molecule has 3 rings (SSSR count). The first-order valence-electron chi connectivity index (χ1n) is 7.58. The summed E-state index contributed by atoms with van der Waals surface area (Å²) in [6.45, 7) is 2.61. The van der Waals surface area contributed by atoms with Crippen molar-refractivity contribution in [2.45, 2.75) is 0 Å². The van der Waals surface area contributed by atoms with Crippen molar-refractivity contribution in [1.82, 2.24) is 4.90 Å². The SMILES string of the molecule is O=C(Nc1ccc(Cl)c(Cl)c1)N1CCN(c2cccc(O)c2)CC1. The highest BCUT2D eigenvalue weighted by Gasteiger charge is 2.21. The molecule has 7 heteroatoms. The maximum absolute atomic E-state index is 12.3. The molecule has 0 atom stereocenters. The fraction of sp³-hybridized carbons (Fsp3) is 0.235. The van der Waals surface area contributed by atoms with Gasteiger partial charge in [0.05, 0.1) is 10.0 Å². The number of urea groups is 1. The van der Waals surface area contributed by atoms with Crippen LogP contribution < -0.4 is 10.2 Å². The van der Waals surface area contributed by atoms with Crippen molar-refractivity contribution in [2.24, 2.45) is 0 Å². The van der Waals surface area contributed by atoms with E-state index in [1.807, 2.05) is 12.1 Å². The van der Waals surface area contributed by atoms with Crippen molar-refractivity contribution in [3.63, 3.8) is 0 Å². The molecule has 1 heterocycles. The Morgan fingerprint density at radius 2 is 1.75 bits per heavy atom. The molecule has 2 aromatic rings. The maximum Gasteiger partial charge on any atom is 0.321 e. The number of carbonyl (C=O) groups excluding carboxylic acids is 1. The Morgan fingerprint density at radius 1 is 1.00 bits per heavy atom. The van der Waals surface area contributed by atoms with Crippen LogP contribution in [0.4, 0.5) is 16.2 Å². The first-order chi connectivity index (χ1) is 11.5. The zero-order valence-electron chi connectivity index (χ0n) is 12.9. The standard InChI is InChI=1S/C17H17Cl2N3O2/c18-15-5-4-12(10-16(15)19)20-17(24)22-8-6-21(7-9-22)13-2-1-3-14(23)11-13/h1-5,10-11,23H,6-9H2,(H,20,24). The lowest BCUT2D eigenvalue weighted by atomic mass is 10.2. The monoisotopic (exact) mass is 365 g/mol. The van der Waals surface area contributed by atoms with Gasteiger partial charge in [0.1, 0.15) is 5.75 Å². The van der Waals surface area contributed by atoms with Crippen LogP contribution in [0.15, 0.2) is 42.5 Å². The Bertz CT molecular complexity index is 746. The molecule has 24 heavy (non-hydrogen) atoms. The molecule has 2 amide bonds. The van der Waals surface area contributed by atoms with Crippen molar-refractivity contribution in [3.05, 3.63) is 52.5 Å². The zero-order chi connectivity index (χ0) is 17.1. The van der Waals surface area contributed by atoms with Gasteiger partial charge in [-0.2, -0.15) is 0 Å². The number of phenols is 1. The molecule has 0 saturated carbocycles. The molecule has 1 aliphatic heterocycles. The zero-order valence-corrected chi connectivity index (χ0v) is 14.4. The molecule has 126 valence electrons. The normalized spacial score (nSPS) is 14.6. The lowest BCUT2D eigenvalue weighted by Crippen LogP contribution is -2.50. The van der Waals surface area contributed by atoms with Gasteiger partial charge in [0, 0.05) is 43.6 Å². The van der Waals surface area contributed by atoms with Crippen LogP contribution in [-0.2, 0) is 0 Å². The number of nitrogens with zero attached hydrogens (tertiary/aromatic N) is 2. The second-order valence-corrected chi connectivity index (χ2v) is 6.37. The summed E-state index contributed by atoms with van der Waals surface area (Å²) in [6.07, 6.45) is 0. The van der Waals surface area contributed by atoms with Crippen LogP contribution in [0.1, 0.15) is 0 Å². The number of piperazine rings is 1. The molecular weight excluding hydrogens is 349 g/mol. The number of phenolic OH excluding ortho intramolecular Hbond substituents is 1. The van der Waals surface area contributed by atoms with Gasteiger partial charge in [0.2, 0.25) is 0 Å². The number of amides is 2. The van der Waals surface area contributed by atoms with E-state index in [2.05, 4.69) is 10.2 Å². The van der Waals surface area contributed by atoms with Gasteiger partial charge < -0.3 is 20.2 Å². The molecule has 1 fully saturated rings. The van der Waals surface area contributed by atoms with Gasteiger partial charge in [0.15, 0.2) is 0 Å². The summed E-state index contributed by atoms with van der Waals surface area (Å²) >= 11 is 11.8. The molecule has 0 spiro atoms. The van der Waals surface area contributed by atoms with Crippen LogP contribution in [0.25, 0.3) is 0 Å². The van der Waals surface area contributed by atoms with E-state index in [9.17, 15) is 9.90 Å². The van der Waals surface area contributed by atoms with Gasteiger partial charge in [-0.25, -0.2) is 4.79 Å². The summed E-state index contributed by atoms with van der Waals surface area (Å²) in [6, 6.07) is 12.0. The number of hydrogen-bond donors (Lipinski definition) is 2. The molecule has 2 aromatic carbocycles. The Kier molecular flexibility index (Phi) is 5.02. The molecule has 0 unspecified atom stereocenters. The summed E-state index contributed by atoms with van der Waals surface area (Å²) in [5.41, 5.74) is 1.57. The summed E-state index contributed by atoms with van der Waals surface area (Å²) in [7, 11) is 0. The maximum atomic E-state index is 12.3. The minimum Gasteiger partial charge on any atom is -0.508 e. The third-order valence-corrected chi connectivity index (χ3v) is 4.67. The van der Waals surface area contributed by atoms with Crippen molar-refractivity contribution in [1.29, 1.82) is 0 Å². The van der Waals surface area contributed by atoms with E-state index in [-0.39, 0.29) is 11.8 Å². The molecule has 0 aliphatic carbocycles. The van der Waals surface area contributed by atoms with Crippen molar-refractivity contribution >= 4 is 40.6 Å². The summed E-state index contributed by atoms with van der Waals surface area (Å²) in [4.78, 5) is 16.2. The van der Waals surface area contributed by atoms with Gasteiger partial charge in [-0.05, 0) is 30.3 Å². The van der Waals surface area contributed by atoms with Crippen LogP contribution in [0.5, 0.6) is 5.75 Å². The Labute approximate surface area is 150 Å². The second-order valence-electron chi connectivity index (χ2n) is 5.55. The summed E-state index contributed by atoms with van der Waals surface area (Å²) in [5.74, 6) is 0.243. The number of hydrogen-bond acceptors (Lipinski definition) is 3. The highest BCUT2D eigenvalue weighted by molar-refractivity contribution is 6.42. The molecule has 5 nitrogen and oxygen atoms in total. The number of rotatable bonds is 2. The lowest BCUT2D eigenvalue weighted by Gasteiger charge is -2.36. The van der Waals surface area contributed by atoms with Crippen molar-refractivity contribution in [2.75, 3.05) is 36.4 Å². The van der Waals surface area contributed by atoms with E-state index in [1.54, 1.807) is 35.2 Å². The van der Waals surface area contributed by atoms with Gasteiger partial charge in [-0.1, -0.05) is 29.3 Å². The third-order valence-electron chi connectivity index (χ3n) is 3.93. The molecule has 0 radical (unpaired) electrons. The number of anilines is 2. The third kappa shape index (κ3) is 3.86. The second kappa shape index (κ2) is 7.20. The van der Waals surface area contributed by atoms with E-state index in [0.717, 1.165) is 5.69 Å². The average Bonchev–Trinajstić information content (AvgIpc) is 2.58. The quantitative estimate of drug-likeness (QED) is 0.843. The first-order valence-corrected chi connectivity index (χ1v) is 8.33. The highest BCUT2D eigenvalue weighted by Crippen LogP contribution is 2.25. The van der Waals surface area contributed by atoms with E-state index in [4.69, 9.17) is 23.2 Å². The van der Waals surface area contributed by atoms with Gasteiger partial charge in [-0.3, -0.25) is 0 Å². The van der Waals surface area contributed by atoms with Crippen LogP contribution in [-0.4, -0.2) is 42.2 Å². The molecular formula is C17H17Cl2N3O2. The topological polar surface area (TPSA) is 55.8 Å². The molecule has 0 bridgehead atoms. The highest BCUT2D eigenvalue weighted by atomic mass is 35.5. The molecule has 0 aromatic heterocycles. The van der Waals surface area contributed by atoms with Crippen LogP contribution >= 0.6 is 23.2 Å². The predicted octanol–water partition coefficient (Wildman–Crippen LogP) is 4.05. The van der Waals surface area contributed by atoms with E-state index in [1.165, 1.54) is 0 Å². The van der Waals surface area contributed by atoms with Gasteiger partial charge in [0.25, 0.3) is 0 Å². The Balaban J connectivity index is 1.58. The predicted molar refractivity (Wildman–Crippen MR) is 97.4 cm³/mol. The lowest BCUT2D eigenvalue weighted by molar-refractivity contribution is 0.208. The Morgan fingerprint density at radius 3 is 2.42 bits per heavy atom. The minimum absolute atomic E-state index is 0.163. The fourth-order valence-corrected chi connectivity index (χ4v) is 2.93.